The molecule has 0 radical (unpaired) electrons. The lowest BCUT2D eigenvalue weighted by Gasteiger charge is -2.17. The highest BCUT2D eigenvalue weighted by Crippen LogP contribution is 2.24. The maximum atomic E-state index is 13.0. The summed E-state index contributed by atoms with van der Waals surface area (Å²) in [5, 5.41) is 2.76. The van der Waals surface area contributed by atoms with Crippen LogP contribution in [0.4, 0.5) is 14.5 Å². The van der Waals surface area contributed by atoms with Crippen LogP contribution in [0.3, 0.4) is 0 Å². The molecule has 2 aromatic rings. The number of nitrogens with one attached hydrogen (secondary N) is 1. The van der Waals surface area contributed by atoms with Crippen LogP contribution in [0.5, 0.6) is 0 Å². The lowest BCUT2D eigenvalue weighted by Crippen LogP contribution is -2.31. The molecule has 6 heteroatoms. The molecule has 1 aliphatic heterocycles. The smallest absolute Gasteiger partial charge is 0.251 e. The molecule has 0 spiro atoms. The minimum absolute atomic E-state index is 0.0213. The lowest BCUT2D eigenvalue weighted by molar-refractivity contribution is -0.117. The van der Waals surface area contributed by atoms with Crippen LogP contribution in [-0.4, -0.2) is 24.9 Å². The largest absolute Gasteiger partial charge is 0.352 e. The van der Waals surface area contributed by atoms with Crippen LogP contribution in [-0.2, 0) is 4.79 Å². The summed E-state index contributed by atoms with van der Waals surface area (Å²) in [5.74, 6) is -1.13. The molecule has 24 heavy (non-hydrogen) atoms. The average molecular weight is 330 g/mol. The first kappa shape index (κ1) is 16.1. The molecule has 0 unspecified atom stereocenters. The summed E-state index contributed by atoms with van der Waals surface area (Å²) < 4.78 is 25.8. The first-order chi connectivity index (χ1) is 11.5. The number of benzene rings is 2. The number of halogens is 2. The summed E-state index contributed by atoms with van der Waals surface area (Å²) in [6.07, 6.45) is 0.321. The average Bonchev–Trinajstić information content (AvgIpc) is 2.95. The number of rotatable bonds is 4. The number of hydrogen-bond donors (Lipinski definition) is 1. The lowest BCUT2D eigenvalue weighted by atomic mass is 10.1. The van der Waals surface area contributed by atoms with Gasteiger partial charge in [0.05, 0.1) is 0 Å². The van der Waals surface area contributed by atoms with E-state index in [-0.39, 0.29) is 23.5 Å². The molecular weight excluding hydrogens is 314 g/mol. The summed E-state index contributed by atoms with van der Waals surface area (Å²) >= 11 is 0. The van der Waals surface area contributed by atoms with Gasteiger partial charge in [0.2, 0.25) is 5.91 Å². The van der Waals surface area contributed by atoms with E-state index in [1.165, 1.54) is 36.4 Å². The van der Waals surface area contributed by atoms with E-state index in [1.807, 2.05) is 0 Å². The van der Waals surface area contributed by atoms with Crippen molar-refractivity contribution in [3.63, 3.8) is 0 Å². The molecule has 3 rings (SSSR count). The van der Waals surface area contributed by atoms with Gasteiger partial charge in [-0.05, 0) is 48.5 Å². The predicted molar refractivity (Wildman–Crippen MR) is 85.6 cm³/mol. The SMILES string of the molecule is O=C(NC[C@@H]1CC(=O)N(c2ccc(F)cc2)C1)c1ccc(F)cc1. The zero-order valence-corrected chi connectivity index (χ0v) is 12.8. The number of amides is 2. The van der Waals surface area contributed by atoms with Crippen LogP contribution in [0.15, 0.2) is 48.5 Å². The molecule has 0 aliphatic carbocycles. The number of hydrogen-bond acceptors (Lipinski definition) is 2. The Morgan fingerprint density at radius 1 is 1.04 bits per heavy atom. The van der Waals surface area contributed by atoms with Crippen LogP contribution in [0.1, 0.15) is 16.8 Å². The van der Waals surface area contributed by atoms with E-state index < -0.39 is 5.82 Å². The zero-order chi connectivity index (χ0) is 17.1. The summed E-state index contributed by atoms with van der Waals surface area (Å²) in [4.78, 5) is 25.7. The molecule has 124 valence electrons. The third kappa shape index (κ3) is 3.59. The third-order valence-corrected chi connectivity index (χ3v) is 4.00. The number of anilines is 1. The Hall–Kier alpha value is -2.76. The van der Waals surface area contributed by atoms with E-state index >= 15 is 0 Å². The van der Waals surface area contributed by atoms with Gasteiger partial charge in [-0.25, -0.2) is 8.78 Å². The van der Waals surface area contributed by atoms with Gasteiger partial charge in [-0.2, -0.15) is 0 Å². The molecule has 1 fully saturated rings. The Labute approximate surface area is 138 Å². The van der Waals surface area contributed by atoms with E-state index in [4.69, 9.17) is 0 Å². The normalized spacial score (nSPS) is 17.2. The summed E-state index contributed by atoms with van der Waals surface area (Å²) in [7, 11) is 0. The molecule has 1 aliphatic rings. The van der Waals surface area contributed by atoms with Gasteiger partial charge in [0, 0.05) is 36.7 Å². The van der Waals surface area contributed by atoms with Crippen molar-refractivity contribution < 1.29 is 18.4 Å². The summed E-state index contributed by atoms with van der Waals surface area (Å²) in [6, 6.07) is 11.0. The number of carbonyl (C=O) groups is 2. The molecule has 0 aromatic heterocycles. The highest BCUT2D eigenvalue weighted by molar-refractivity contribution is 5.96. The molecule has 2 aromatic carbocycles. The molecule has 1 heterocycles. The van der Waals surface area contributed by atoms with Crippen LogP contribution in [0.2, 0.25) is 0 Å². The van der Waals surface area contributed by atoms with Gasteiger partial charge in [0.25, 0.3) is 5.91 Å². The molecule has 0 bridgehead atoms. The van der Waals surface area contributed by atoms with Crippen molar-refractivity contribution in [1.82, 2.24) is 5.32 Å². The van der Waals surface area contributed by atoms with Gasteiger partial charge >= 0.3 is 0 Å². The van der Waals surface area contributed by atoms with Gasteiger partial charge in [0.15, 0.2) is 0 Å². The van der Waals surface area contributed by atoms with Crippen LogP contribution in [0, 0.1) is 17.6 Å². The Kier molecular flexibility index (Phi) is 4.55. The van der Waals surface area contributed by atoms with Crippen LogP contribution >= 0.6 is 0 Å². The van der Waals surface area contributed by atoms with E-state index in [9.17, 15) is 18.4 Å². The van der Waals surface area contributed by atoms with E-state index in [0.29, 0.717) is 30.8 Å². The molecule has 1 N–H and O–H groups in total. The van der Waals surface area contributed by atoms with Crippen molar-refractivity contribution in [2.45, 2.75) is 6.42 Å². The van der Waals surface area contributed by atoms with E-state index in [2.05, 4.69) is 5.32 Å². The Morgan fingerprint density at radius 2 is 1.62 bits per heavy atom. The third-order valence-electron chi connectivity index (χ3n) is 4.00. The standard InChI is InChI=1S/C18H16F2N2O2/c19-14-3-1-13(2-4-14)18(24)21-10-12-9-17(23)22(11-12)16-7-5-15(20)6-8-16/h1-8,12H,9-11H2,(H,21,24)/t12-/m0/s1. The van der Waals surface area contributed by atoms with Crippen molar-refractivity contribution in [3.8, 4) is 0 Å². The van der Waals surface area contributed by atoms with Crippen LogP contribution < -0.4 is 10.2 Å². The van der Waals surface area contributed by atoms with Crippen molar-refractivity contribution in [1.29, 1.82) is 0 Å². The van der Waals surface area contributed by atoms with Gasteiger partial charge in [-0.15, -0.1) is 0 Å². The molecule has 1 atom stereocenters. The van der Waals surface area contributed by atoms with Crippen molar-refractivity contribution in [2.24, 2.45) is 5.92 Å². The summed E-state index contributed by atoms with van der Waals surface area (Å²) in [5.41, 5.74) is 1.02. The first-order valence-corrected chi connectivity index (χ1v) is 7.62. The quantitative estimate of drug-likeness (QED) is 0.937. The van der Waals surface area contributed by atoms with Gasteiger partial charge < -0.3 is 10.2 Å². The van der Waals surface area contributed by atoms with Gasteiger partial charge in [0.1, 0.15) is 11.6 Å². The van der Waals surface area contributed by atoms with E-state index in [1.54, 1.807) is 17.0 Å². The predicted octanol–water partition coefficient (Wildman–Crippen LogP) is 2.75. The first-order valence-electron chi connectivity index (χ1n) is 7.62. The Bertz CT molecular complexity index is 745. The Morgan fingerprint density at radius 3 is 2.25 bits per heavy atom. The second kappa shape index (κ2) is 6.78. The molecule has 0 saturated carbocycles. The maximum Gasteiger partial charge on any atom is 0.251 e. The fourth-order valence-corrected chi connectivity index (χ4v) is 2.73. The summed E-state index contributed by atoms with van der Waals surface area (Å²) in [6.45, 7) is 0.813. The van der Waals surface area contributed by atoms with Crippen molar-refractivity contribution in [2.75, 3.05) is 18.0 Å². The van der Waals surface area contributed by atoms with Gasteiger partial charge in [-0.3, -0.25) is 9.59 Å². The zero-order valence-electron chi connectivity index (χ0n) is 12.8. The minimum Gasteiger partial charge on any atom is -0.352 e. The fourth-order valence-electron chi connectivity index (χ4n) is 2.73. The topological polar surface area (TPSA) is 49.4 Å². The highest BCUT2D eigenvalue weighted by Gasteiger charge is 2.30. The van der Waals surface area contributed by atoms with Crippen molar-refractivity contribution in [3.05, 3.63) is 65.7 Å². The van der Waals surface area contributed by atoms with Crippen molar-refractivity contribution >= 4 is 17.5 Å². The fraction of sp³-hybridized carbons (Fsp3) is 0.222. The second-order valence-electron chi connectivity index (χ2n) is 5.77. The van der Waals surface area contributed by atoms with E-state index in [0.717, 1.165) is 0 Å². The van der Waals surface area contributed by atoms with Gasteiger partial charge in [-0.1, -0.05) is 0 Å². The maximum absolute atomic E-state index is 13.0. The Balaban J connectivity index is 1.57. The highest BCUT2D eigenvalue weighted by atomic mass is 19.1. The van der Waals surface area contributed by atoms with Crippen LogP contribution in [0.25, 0.3) is 0 Å². The molecule has 4 nitrogen and oxygen atoms in total. The minimum atomic E-state index is -0.400. The molecule has 1 saturated heterocycles. The number of nitrogens with zero attached hydrogens (tertiary/aromatic N) is 1. The second-order valence-corrected chi connectivity index (χ2v) is 5.77. The monoisotopic (exact) mass is 330 g/mol. The number of carbonyl (C=O) groups excluding carboxylic acids is 2. The molecular formula is C18H16F2N2O2. The molecule has 2 amide bonds.